The molecule has 0 amide bonds. The average molecular weight is 193 g/mol. The predicted molar refractivity (Wildman–Crippen MR) is 48.5 cm³/mol. The van der Waals surface area contributed by atoms with Crippen LogP contribution in [0.5, 0.6) is 0 Å². The molecule has 0 radical (unpaired) electrons. The van der Waals surface area contributed by atoms with E-state index in [0.29, 0.717) is 6.61 Å². The molecule has 5 heteroatoms. The number of nitrogens with one attached hydrogen (secondary N) is 1. The summed E-state index contributed by atoms with van der Waals surface area (Å²) in [7, 11) is 1.57. The first-order valence-corrected chi connectivity index (χ1v) is 4.23. The van der Waals surface area contributed by atoms with Gasteiger partial charge in [-0.2, -0.15) is 0 Å². The van der Waals surface area contributed by atoms with E-state index in [1.54, 1.807) is 7.11 Å². The number of methoxy groups -OCH3 is 1. The fourth-order valence-corrected chi connectivity index (χ4v) is 1.10. The Kier molecular flexibility index (Phi) is 6.19. The third-order valence-electron chi connectivity index (χ3n) is 1.88. The first kappa shape index (κ1) is 12.8. The van der Waals surface area contributed by atoms with Crippen molar-refractivity contribution in [3.8, 4) is 0 Å². The smallest absolute Gasteiger partial charge is 0.0884 e. The molecular weight excluding hydrogens is 174 g/mol. The molecule has 0 aliphatic carbocycles. The third kappa shape index (κ3) is 4.02. The Morgan fingerprint density at radius 1 is 1.23 bits per heavy atom. The molecule has 80 valence electrons. The van der Waals surface area contributed by atoms with E-state index in [1.165, 1.54) is 0 Å². The van der Waals surface area contributed by atoms with E-state index in [9.17, 15) is 0 Å². The second kappa shape index (κ2) is 6.28. The summed E-state index contributed by atoms with van der Waals surface area (Å²) in [4.78, 5) is 0. The monoisotopic (exact) mass is 193 g/mol. The summed E-state index contributed by atoms with van der Waals surface area (Å²) in [6.07, 6.45) is 0. The molecule has 5 nitrogen and oxygen atoms in total. The number of ether oxygens (including phenoxy) is 1. The van der Waals surface area contributed by atoms with Crippen molar-refractivity contribution in [3.05, 3.63) is 0 Å². The van der Waals surface area contributed by atoms with Crippen molar-refractivity contribution in [2.24, 2.45) is 0 Å². The van der Waals surface area contributed by atoms with Crippen molar-refractivity contribution >= 4 is 0 Å². The minimum atomic E-state index is -1.02. The fraction of sp³-hybridized carbons (Fsp3) is 1.00. The van der Waals surface area contributed by atoms with Gasteiger partial charge in [-0.25, -0.2) is 0 Å². The fourth-order valence-electron chi connectivity index (χ4n) is 1.10. The zero-order valence-corrected chi connectivity index (χ0v) is 8.16. The molecule has 0 aromatic heterocycles. The van der Waals surface area contributed by atoms with Crippen LogP contribution >= 0.6 is 0 Å². The highest BCUT2D eigenvalue weighted by atomic mass is 16.5. The van der Waals surface area contributed by atoms with Gasteiger partial charge in [-0.1, -0.05) is 0 Å². The van der Waals surface area contributed by atoms with E-state index < -0.39 is 5.54 Å². The lowest BCUT2D eigenvalue weighted by Gasteiger charge is -2.32. The van der Waals surface area contributed by atoms with Crippen LogP contribution in [0.25, 0.3) is 0 Å². The molecule has 0 saturated carbocycles. The van der Waals surface area contributed by atoms with E-state index in [1.807, 2.05) is 6.92 Å². The summed E-state index contributed by atoms with van der Waals surface area (Å²) >= 11 is 0. The molecule has 0 aliphatic heterocycles. The van der Waals surface area contributed by atoms with Crippen LogP contribution < -0.4 is 5.32 Å². The summed E-state index contributed by atoms with van der Waals surface area (Å²) in [6, 6.07) is -0.0311. The second-order valence-electron chi connectivity index (χ2n) is 3.26. The molecule has 0 bridgehead atoms. The lowest BCUT2D eigenvalue weighted by molar-refractivity contribution is 0.0267. The first-order valence-electron chi connectivity index (χ1n) is 4.23. The number of hydrogen-bond donors (Lipinski definition) is 4. The minimum Gasteiger partial charge on any atom is -0.394 e. The van der Waals surface area contributed by atoms with E-state index in [-0.39, 0.29) is 25.9 Å². The van der Waals surface area contributed by atoms with E-state index >= 15 is 0 Å². The van der Waals surface area contributed by atoms with Gasteiger partial charge in [0.25, 0.3) is 0 Å². The van der Waals surface area contributed by atoms with Gasteiger partial charge >= 0.3 is 0 Å². The molecule has 0 aliphatic rings. The Bertz CT molecular complexity index is 119. The van der Waals surface area contributed by atoms with Crippen LogP contribution in [-0.4, -0.2) is 60.4 Å². The molecule has 1 atom stereocenters. The Hall–Kier alpha value is -0.200. The molecule has 4 N–H and O–H groups in total. The second-order valence-corrected chi connectivity index (χ2v) is 3.26. The highest BCUT2D eigenvalue weighted by molar-refractivity contribution is 4.88. The van der Waals surface area contributed by atoms with Crippen molar-refractivity contribution in [3.63, 3.8) is 0 Å². The SMILES string of the molecule is COCC(C)NC(CO)(CO)CO. The average Bonchev–Trinajstić information content (AvgIpc) is 2.15. The summed E-state index contributed by atoms with van der Waals surface area (Å²) in [5, 5.41) is 29.8. The van der Waals surface area contributed by atoms with Crippen LogP contribution in [0.15, 0.2) is 0 Å². The molecule has 1 unspecified atom stereocenters. The lowest BCUT2D eigenvalue weighted by atomic mass is 10.0. The maximum atomic E-state index is 8.97. The van der Waals surface area contributed by atoms with Gasteiger partial charge in [0.15, 0.2) is 0 Å². The molecule has 0 aromatic carbocycles. The van der Waals surface area contributed by atoms with Gasteiger partial charge in [0.1, 0.15) is 0 Å². The van der Waals surface area contributed by atoms with E-state index in [4.69, 9.17) is 20.1 Å². The highest BCUT2D eigenvalue weighted by Crippen LogP contribution is 2.03. The quantitative estimate of drug-likeness (QED) is 0.388. The number of aliphatic hydroxyl groups is 3. The molecule has 13 heavy (non-hydrogen) atoms. The van der Waals surface area contributed by atoms with Crippen LogP contribution in [0, 0.1) is 0 Å². The molecule has 0 fully saturated rings. The summed E-state index contributed by atoms with van der Waals surface area (Å²) in [5.74, 6) is 0. The molecule has 0 heterocycles. The van der Waals surface area contributed by atoms with Crippen molar-refractivity contribution in [1.29, 1.82) is 0 Å². The topological polar surface area (TPSA) is 82.0 Å². The number of rotatable bonds is 7. The molecule has 0 aromatic rings. The first-order chi connectivity index (χ1) is 6.14. The maximum Gasteiger partial charge on any atom is 0.0884 e. The summed E-state index contributed by atoms with van der Waals surface area (Å²) < 4.78 is 4.88. The van der Waals surface area contributed by atoms with Crippen molar-refractivity contribution in [1.82, 2.24) is 5.32 Å². The van der Waals surface area contributed by atoms with Crippen LogP contribution in [0.2, 0.25) is 0 Å². The normalized spacial score (nSPS) is 14.5. The standard InChI is InChI=1S/C8H19NO4/c1-7(3-13-2)9-8(4-10,5-11)6-12/h7,9-12H,3-6H2,1-2H3. The van der Waals surface area contributed by atoms with Crippen LogP contribution in [-0.2, 0) is 4.74 Å². The van der Waals surface area contributed by atoms with Gasteiger partial charge in [0.2, 0.25) is 0 Å². The van der Waals surface area contributed by atoms with Gasteiger partial charge in [0, 0.05) is 13.2 Å². The van der Waals surface area contributed by atoms with Crippen LogP contribution in [0.3, 0.4) is 0 Å². The zero-order chi connectivity index (χ0) is 10.3. The van der Waals surface area contributed by atoms with Crippen molar-refractivity contribution < 1.29 is 20.1 Å². The maximum absolute atomic E-state index is 8.97. The molecule has 0 rings (SSSR count). The predicted octanol–water partition coefficient (Wildman–Crippen LogP) is -1.67. The van der Waals surface area contributed by atoms with Crippen molar-refractivity contribution in [2.75, 3.05) is 33.5 Å². The van der Waals surface area contributed by atoms with E-state index in [2.05, 4.69) is 5.32 Å². The molecular formula is C8H19NO4. The van der Waals surface area contributed by atoms with E-state index in [0.717, 1.165) is 0 Å². The third-order valence-corrected chi connectivity index (χ3v) is 1.88. The summed E-state index contributed by atoms with van der Waals surface area (Å²) in [5.41, 5.74) is -1.02. The Morgan fingerprint density at radius 2 is 1.69 bits per heavy atom. The van der Waals surface area contributed by atoms with Gasteiger partial charge in [0.05, 0.1) is 32.0 Å². The van der Waals surface area contributed by atoms with Crippen LogP contribution in [0.4, 0.5) is 0 Å². The number of hydrogen-bond acceptors (Lipinski definition) is 5. The minimum absolute atomic E-state index is 0.0311. The highest BCUT2D eigenvalue weighted by Gasteiger charge is 2.29. The largest absolute Gasteiger partial charge is 0.394 e. The number of aliphatic hydroxyl groups excluding tert-OH is 3. The zero-order valence-electron chi connectivity index (χ0n) is 8.16. The Balaban J connectivity index is 4.07. The van der Waals surface area contributed by atoms with Gasteiger partial charge in [-0.05, 0) is 6.92 Å². The van der Waals surface area contributed by atoms with Gasteiger partial charge in [-0.3, -0.25) is 0 Å². The van der Waals surface area contributed by atoms with Crippen LogP contribution in [0.1, 0.15) is 6.92 Å². The molecule has 0 saturated heterocycles. The van der Waals surface area contributed by atoms with Gasteiger partial charge < -0.3 is 25.4 Å². The summed E-state index contributed by atoms with van der Waals surface area (Å²) in [6.45, 7) is 1.37. The Labute approximate surface area is 78.3 Å². The van der Waals surface area contributed by atoms with Gasteiger partial charge in [-0.15, -0.1) is 0 Å². The van der Waals surface area contributed by atoms with Crippen molar-refractivity contribution in [2.45, 2.75) is 18.5 Å². The lowest BCUT2D eigenvalue weighted by Crippen LogP contribution is -2.58. The Morgan fingerprint density at radius 3 is 2.00 bits per heavy atom. The molecule has 0 spiro atoms.